The number of nitrogens with one attached hydrogen (secondary N) is 1. The summed E-state index contributed by atoms with van der Waals surface area (Å²) in [5.41, 5.74) is 0.489. The normalized spacial score (nSPS) is 12.9. The van der Waals surface area contributed by atoms with Gasteiger partial charge in [-0.1, -0.05) is 37.3 Å². The molecule has 0 saturated heterocycles. The van der Waals surface area contributed by atoms with Crippen molar-refractivity contribution < 1.29 is 4.79 Å². The molecule has 0 fully saturated rings. The molecule has 0 aliphatic heterocycles. The Morgan fingerprint density at radius 2 is 2.10 bits per heavy atom. The number of carbonyl (C=O) groups is 1. The summed E-state index contributed by atoms with van der Waals surface area (Å²) in [5.74, 6) is -0.136. The summed E-state index contributed by atoms with van der Waals surface area (Å²) in [6.07, 6.45) is 5.83. The van der Waals surface area contributed by atoms with Crippen LogP contribution in [-0.2, 0) is 4.79 Å². The van der Waals surface area contributed by atoms with Gasteiger partial charge < -0.3 is 10.2 Å². The zero-order chi connectivity index (χ0) is 15.5. The number of hydrogen-bond acceptors (Lipinski definition) is 2. The molecule has 4 heteroatoms. The minimum absolute atomic E-state index is 0.136. The van der Waals surface area contributed by atoms with Crippen molar-refractivity contribution in [2.75, 3.05) is 19.6 Å². The van der Waals surface area contributed by atoms with Crippen LogP contribution in [0, 0.1) is 0 Å². The van der Waals surface area contributed by atoms with Crippen LogP contribution in [0.4, 0.5) is 0 Å². The molecule has 0 aromatic heterocycles. The van der Waals surface area contributed by atoms with E-state index in [1.54, 1.807) is 25.2 Å². The summed E-state index contributed by atoms with van der Waals surface area (Å²) >= 11 is 6.02. The van der Waals surface area contributed by atoms with E-state index in [-0.39, 0.29) is 5.91 Å². The molecule has 0 atom stereocenters. The molecule has 0 aromatic carbocycles. The van der Waals surface area contributed by atoms with E-state index in [9.17, 15) is 4.79 Å². The average Bonchev–Trinajstić information content (AvgIpc) is 2.39. The number of rotatable bonds is 9. The fourth-order valence-electron chi connectivity index (χ4n) is 1.93. The van der Waals surface area contributed by atoms with Crippen molar-refractivity contribution in [3.63, 3.8) is 0 Å². The van der Waals surface area contributed by atoms with E-state index in [0.717, 1.165) is 19.5 Å². The molecule has 0 heterocycles. The van der Waals surface area contributed by atoms with E-state index in [1.165, 1.54) is 0 Å². The van der Waals surface area contributed by atoms with Crippen LogP contribution < -0.4 is 5.32 Å². The molecule has 0 rings (SSSR count). The summed E-state index contributed by atoms with van der Waals surface area (Å²) in [7, 11) is 0. The van der Waals surface area contributed by atoms with Crippen LogP contribution in [0.1, 0.15) is 34.1 Å². The largest absolute Gasteiger partial charge is 0.352 e. The fourth-order valence-corrected chi connectivity index (χ4v) is 2.22. The maximum atomic E-state index is 12.0. The molecule has 0 bridgehead atoms. The van der Waals surface area contributed by atoms with Gasteiger partial charge in [-0.05, 0) is 39.8 Å². The Morgan fingerprint density at radius 1 is 1.45 bits per heavy atom. The average molecular weight is 299 g/mol. The molecule has 1 amide bonds. The van der Waals surface area contributed by atoms with Gasteiger partial charge in [0.2, 0.25) is 0 Å². The minimum atomic E-state index is -0.136. The number of carbonyl (C=O) groups excluding carboxylic acids is 1. The Kier molecular flexibility index (Phi) is 10.1. The van der Waals surface area contributed by atoms with Gasteiger partial charge in [0.05, 0.1) is 10.6 Å². The van der Waals surface area contributed by atoms with Gasteiger partial charge in [0.15, 0.2) is 0 Å². The number of amides is 1. The summed E-state index contributed by atoms with van der Waals surface area (Å²) in [6, 6.07) is 0.534. The Bertz CT molecular complexity index is 373. The highest BCUT2D eigenvalue weighted by Gasteiger charge is 2.11. The highest BCUT2D eigenvalue weighted by atomic mass is 35.5. The molecular weight excluding hydrogens is 272 g/mol. The molecule has 20 heavy (non-hydrogen) atoms. The lowest BCUT2D eigenvalue weighted by Crippen LogP contribution is -2.34. The third-order valence-electron chi connectivity index (χ3n) is 3.10. The van der Waals surface area contributed by atoms with E-state index in [4.69, 9.17) is 11.6 Å². The van der Waals surface area contributed by atoms with Crippen LogP contribution >= 0.6 is 11.6 Å². The predicted octanol–water partition coefficient (Wildman–Crippen LogP) is 3.48. The summed E-state index contributed by atoms with van der Waals surface area (Å²) in [6.45, 7) is 14.5. The summed E-state index contributed by atoms with van der Waals surface area (Å²) in [4.78, 5) is 14.4. The van der Waals surface area contributed by atoms with Crippen LogP contribution in [-0.4, -0.2) is 36.5 Å². The smallest absolute Gasteiger partial charge is 0.252 e. The molecule has 0 saturated carbocycles. The molecule has 3 nitrogen and oxygen atoms in total. The monoisotopic (exact) mass is 298 g/mol. The molecule has 0 aliphatic carbocycles. The van der Waals surface area contributed by atoms with Crippen LogP contribution in [0.25, 0.3) is 0 Å². The maximum absolute atomic E-state index is 12.0. The third kappa shape index (κ3) is 6.92. The third-order valence-corrected chi connectivity index (χ3v) is 3.43. The first-order chi connectivity index (χ1) is 9.47. The molecule has 114 valence electrons. The van der Waals surface area contributed by atoms with Gasteiger partial charge in [0, 0.05) is 19.1 Å². The van der Waals surface area contributed by atoms with Crippen molar-refractivity contribution in [1.29, 1.82) is 0 Å². The lowest BCUT2D eigenvalue weighted by Gasteiger charge is -2.24. The maximum Gasteiger partial charge on any atom is 0.252 e. The van der Waals surface area contributed by atoms with Crippen molar-refractivity contribution in [1.82, 2.24) is 10.2 Å². The lowest BCUT2D eigenvalue weighted by molar-refractivity contribution is -0.117. The minimum Gasteiger partial charge on any atom is -0.352 e. The second kappa shape index (κ2) is 10.7. The van der Waals surface area contributed by atoms with Gasteiger partial charge in [-0.15, -0.1) is 0 Å². The van der Waals surface area contributed by atoms with E-state index in [2.05, 4.69) is 37.6 Å². The van der Waals surface area contributed by atoms with E-state index in [0.29, 0.717) is 23.2 Å². The van der Waals surface area contributed by atoms with Crippen LogP contribution in [0.3, 0.4) is 0 Å². The van der Waals surface area contributed by atoms with E-state index < -0.39 is 0 Å². The number of nitrogens with zero attached hydrogens (tertiary/aromatic N) is 1. The van der Waals surface area contributed by atoms with E-state index >= 15 is 0 Å². The molecule has 1 N–H and O–H groups in total. The zero-order valence-corrected chi connectivity index (χ0v) is 13.8. The predicted molar refractivity (Wildman–Crippen MR) is 87.9 cm³/mol. The fraction of sp³-hybridized carbons (Fsp3) is 0.562. The van der Waals surface area contributed by atoms with Gasteiger partial charge >= 0.3 is 0 Å². The quantitative estimate of drug-likeness (QED) is 0.401. The Morgan fingerprint density at radius 3 is 2.55 bits per heavy atom. The molecular formula is C16H27ClN2O. The molecule has 0 unspecified atom stereocenters. The first kappa shape index (κ1) is 18.9. The molecule has 0 aromatic rings. The van der Waals surface area contributed by atoms with Crippen molar-refractivity contribution in [2.45, 2.75) is 40.2 Å². The Balaban J connectivity index is 4.23. The van der Waals surface area contributed by atoms with Crippen molar-refractivity contribution in [3.05, 3.63) is 35.4 Å². The van der Waals surface area contributed by atoms with Crippen LogP contribution in [0.2, 0.25) is 0 Å². The SMILES string of the molecule is C=C/C=C(Cl)\C(=C/C)C(=O)NCCCN(CC)C(C)C. The van der Waals surface area contributed by atoms with Crippen molar-refractivity contribution in [3.8, 4) is 0 Å². The Labute approximate surface area is 128 Å². The summed E-state index contributed by atoms with van der Waals surface area (Å²) < 4.78 is 0. The first-order valence-corrected chi connectivity index (χ1v) is 7.52. The second-order valence-corrected chi connectivity index (χ2v) is 5.19. The van der Waals surface area contributed by atoms with Crippen molar-refractivity contribution in [2.24, 2.45) is 0 Å². The molecule has 0 aliphatic rings. The van der Waals surface area contributed by atoms with Crippen LogP contribution in [0.15, 0.2) is 35.4 Å². The van der Waals surface area contributed by atoms with Gasteiger partial charge in [0.25, 0.3) is 5.91 Å². The Hall–Kier alpha value is -1.06. The van der Waals surface area contributed by atoms with E-state index in [1.807, 2.05) is 0 Å². The van der Waals surface area contributed by atoms with Crippen LogP contribution in [0.5, 0.6) is 0 Å². The van der Waals surface area contributed by atoms with Gasteiger partial charge in [0.1, 0.15) is 0 Å². The number of allylic oxidation sites excluding steroid dienone is 3. The standard InChI is InChI=1S/C16H27ClN2O/c1-6-10-15(17)14(7-2)16(20)18-11-9-12-19(8-3)13(4)5/h6-7,10,13H,1,8-9,11-12H2,2-5H3,(H,18,20)/b14-7+,15-10+. The molecule has 0 radical (unpaired) electrons. The highest BCUT2D eigenvalue weighted by molar-refractivity contribution is 6.35. The number of hydrogen-bond donors (Lipinski definition) is 1. The van der Waals surface area contributed by atoms with Gasteiger partial charge in [-0.25, -0.2) is 0 Å². The van der Waals surface area contributed by atoms with Crippen molar-refractivity contribution >= 4 is 17.5 Å². The highest BCUT2D eigenvalue weighted by Crippen LogP contribution is 2.14. The first-order valence-electron chi connectivity index (χ1n) is 7.15. The zero-order valence-electron chi connectivity index (χ0n) is 13.1. The summed E-state index contributed by atoms with van der Waals surface area (Å²) in [5, 5.41) is 3.31. The lowest BCUT2D eigenvalue weighted by atomic mass is 10.2. The molecule has 0 spiro atoms. The topological polar surface area (TPSA) is 32.3 Å². The number of halogens is 1. The van der Waals surface area contributed by atoms with Gasteiger partial charge in [-0.2, -0.15) is 0 Å². The van der Waals surface area contributed by atoms with Gasteiger partial charge in [-0.3, -0.25) is 4.79 Å². The second-order valence-electron chi connectivity index (χ2n) is 4.78.